The van der Waals surface area contributed by atoms with Crippen molar-refractivity contribution in [3.05, 3.63) is 29.2 Å². The Morgan fingerprint density at radius 1 is 1.35 bits per heavy atom. The van der Waals surface area contributed by atoms with Crippen molar-refractivity contribution in [3.63, 3.8) is 0 Å². The fourth-order valence-electron chi connectivity index (χ4n) is 1.46. The van der Waals surface area contributed by atoms with Crippen LogP contribution in [0, 0.1) is 5.82 Å². The molecule has 2 aromatic heterocycles. The zero-order valence-electron chi connectivity index (χ0n) is 10.1. The number of aryl methyl sites for hydroxylation is 1. The fourth-order valence-corrected chi connectivity index (χ4v) is 1.60. The summed E-state index contributed by atoms with van der Waals surface area (Å²) in [6, 6.07) is 2.21. The van der Waals surface area contributed by atoms with Crippen molar-refractivity contribution in [2.45, 2.75) is 6.18 Å². The molecular formula is C11H8ClF4N3O. The maximum atomic E-state index is 13.6. The summed E-state index contributed by atoms with van der Waals surface area (Å²) in [5.41, 5.74) is -0.0642. The first kappa shape index (κ1) is 14.6. The van der Waals surface area contributed by atoms with Gasteiger partial charge in [0.2, 0.25) is 5.88 Å². The van der Waals surface area contributed by atoms with Gasteiger partial charge < -0.3 is 4.74 Å². The monoisotopic (exact) mass is 309 g/mol. The molecule has 0 atom stereocenters. The quantitative estimate of drug-likeness (QED) is 0.817. The van der Waals surface area contributed by atoms with Gasteiger partial charge in [-0.25, -0.2) is 14.1 Å². The van der Waals surface area contributed by atoms with Crippen LogP contribution in [-0.4, -0.2) is 27.5 Å². The van der Waals surface area contributed by atoms with Crippen molar-refractivity contribution >= 4 is 11.6 Å². The lowest BCUT2D eigenvalue weighted by molar-refractivity contribution is -0.154. The van der Waals surface area contributed by atoms with Gasteiger partial charge in [-0.05, 0) is 6.07 Å². The van der Waals surface area contributed by atoms with Crippen LogP contribution in [0.3, 0.4) is 0 Å². The molecule has 0 fully saturated rings. The molecule has 20 heavy (non-hydrogen) atoms. The highest BCUT2D eigenvalue weighted by atomic mass is 35.5. The molecule has 0 aliphatic heterocycles. The normalized spacial score (nSPS) is 11.7. The second-order valence-electron chi connectivity index (χ2n) is 3.88. The largest absolute Gasteiger partial charge is 0.468 e. The van der Waals surface area contributed by atoms with Crippen LogP contribution in [-0.2, 0) is 7.05 Å². The number of pyridine rings is 1. The predicted molar refractivity (Wildman–Crippen MR) is 63.0 cm³/mol. The number of aromatic nitrogens is 3. The van der Waals surface area contributed by atoms with Crippen LogP contribution in [0.4, 0.5) is 17.6 Å². The Morgan fingerprint density at radius 3 is 2.65 bits per heavy atom. The fraction of sp³-hybridized carbons (Fsp3) is 0.273. The molecule has 0 aliphatic rings. The Kier molecular flexibility index (Phi) is 3.85. The average molecular weight is 310 g/mol. The molecule has 108 valence electrons. The minimum absolute atomic E-state index is 0.0545. The second-order valence-corrected chi connectivity index (χ2v) is 4.32. The summed E-state index contributed by atoms with van der Waals surface area (Å²) in [4.78, 5) is 3.75. The Morgan fingerprint density at radius 2 is 2.05 bits per heavy atom. The van der Waals surface area contributed by atoms with E-state index in [-0.39, 0.29) is 22.3 Å². The summed E-state index contributed by atoms with van der Waals surface area (Å²) in [6.07, 6.45) is -3.25. The summed E-state index contributed by atoms with van der Waals surface area (Å²) < 4.78 is 55.5. The molecule has 0 saturated carbocycles. The zero-order valence-corrected chi connectivity index (χ0v) is 10.8. The maximum Gasteiger partial charge on any atom is 0.422 e. The molecule has 0 aliphatic carbocycles. The van der Waals surface area contributed by atoms with Gasteiger partial charge in [0.05, 0.1) is 5.02 Å². The zero-order chi connectivity index (χ0) is 14.9. The van der Waals surface area contributed by atoms with Crippen LogP contribution in [0.2, 0.25) is 5.02 Å². The summed E-state index contributed by atoms with van der Waals surface area (Å²) in [5.74, 6) is -0.869. The topological polar surface area (TPSA) is 39.9 Å². The summed E-state index contributed by atoms with van der Waals surface area (Å²) in [5, 5.41) is 3.96. The van der Waals surface area contributed by atoms with Gasteiger partial charge in [0.15, 0.2) is 12.4 Å². The first-order valence-corrected chi connectivity index (χ1v) is 5.69. The van der Waals surface area contributed by atoms with Gasteiger partial charge in [0.25, 0.3) is 0 Å². The SMILES string of the molecule is Cn1nc(-c2ncc(Cl)cc2F)cc1OCC(F)(F)F. The molecule has 0 N–H and O–H groups in total. The number of alkyl halides is 3. The Balaban J connectivity index is 2.26. The minimum atomic E-state index is -4.46. The van der Waals surface area contributed by atoms with Gasteiger partial charge in [0, 0.05) is 19.3 Å². The number of ether oxygens (including phenoxy) is 1. The van der Waals surface area contributed by atoms with Gasteiger partial charge in [-0.15, -0.1) is 0 Å². The maximum absolute atomic E-state index is 13.6. The summed E-state index contributed by atoms with van der Waals surface area (Å²) in [6.45, 7) is -1.46. The number of halogens is 5. The van der Waals surface area contributed by atoms with E-state index in [9.17, 15) is 17.6 Å². The highest BCUT2D eigenvalue weighted by Gasteiger charge is 2.29. The standard InChI is InChI=1S/C11H8ClF4N3O/c1-19-9(20-5-11(14,15)16)3-8(18-19)10-7(13)2-6(12)4-17-10/h2-4H,5H2,1H3. The number of nitrogens with zero attached hydrogens (tertiary/aromatic N) is 3. The predicted octanol–water partition coefficient (Wildman–Crippen LogP) is 3.22. The molecular weight excluding hydrogens is 302 g/mol. The van der Waals surface area contributed by atoms with E-state index in [0.29, 0.717) is 0 Å². The lowest BCUT2D eigenvalue weighted by Crippen LogP contribution is -2.20. The van der Waals surface area contributed by atoms with Crippen molar-refractivity contribution in [2.24, 2.45) is 7.05 Å². The Labute approximate surface area is 115 Å². The van der Waals surface area contributed by atoms with Crippen LogP contribution in [0.25, 0.3) is 11.4 Å². The molecule has 4 nitrogen and oxygen atoms in total. The third-order valence-corrected chi connectivity index (χ3v) is 2.48. The van der Waals surface area contributed by atoms with Crippen LogP contribution < -0.4 is 4.74 Å². The first-order chi connectivity index (χ1) is 9.26. The molecule has 9 heteroatoms. The highest BCUT2D eigenvalue weighted by molar-refractivity contribution is 6.30. The van der Waals surface area contributed by atoms with Crippen LogP contribution in [0.15, 0.2) is 18.3 Å². The average Bonchev–Trinajstić information content (AvgIpc) is 2.67. The van der Waals surface area contributed by atoms with Gasteiger partial charge in [-0.1, -0.05) is 11.6 Å². The molecule has 0 unspecified atom stereocenters. The van der Waals surface area contributed by atoms with Gasteiger partial charge in [-0.3, -0.25) is 0 Å². The van der Waals surface area contributed by atoms with E-state index in [1.807, 2.05) is 0 Å². The molecule has 0 spiro atoms. The second kappa shape index (κ2) is 5.28. The number of rotatable bonds is 3. The molecule has 2 heterocycles. The van der Waals surface area contributed by atoms with Gasteiger partial charge >= 0.3 is 6.18 Å². The van der Waals surface area contributed by atoms with Gasteiger partial charge in [0.1, 0.15) is 11.4 Å². The van der Waals surface area contributed by atoms with E-state index >= 15 is 0 Å². The van der Waals surface area contributed by atoms with E-state index < -0.39 is 18.6 Å². The molecule has 0 amide bonds. The van der Waals surface area contributed by atoms with E-state index in [2.05, 4.69) is 14.8 Å². The lowest BCUT2D eigenvalue weighted by Gasteiger charge is -2.07. The summed E-state index contributed by atoms with van der Waals surface area (Å²) >= 11 is 5.56. The number of hydrogen-bond donors (Lipinski definition) is 0. The molecule has 2 aromatic rings. The Hall–Kier alpha value is -1.83. The van der Waals surface area contributed by atoms with Gasteiger partial charge in [-0.2, -0.15) is 18.3 Å². The van der Waals surface area contributed by atoms with Crippen molar-refractivity contribution < 1.29 is 22.3 Å². The lowest BCUT2D eigenvalue weighted by atomic mass is 10.2. The van der Waals surface area contributed by atoms with E-state index in [0.717, 1.165) is 10.7 Å². The van der Waals surface area contributed by atoms with E-state index in [4.69, 9.17) is 11.6 Å². The van der Waals surface area contributed by atoms with Crippen LogP contribution in [0.1, 0.15) is 0 Å². The number of hydrogen-bond acceptors (Lipinski definition) is 3. The van der Waals surface area contributed by atoms with Crippen molar-refractivity contribution in [2.75, 3.05) is 6.61 Å². The first-order valence-electron chi connectivity index (χ1n) is 5.31. The molecule has 2 rings (SSSR count). The Bertz CT molecular complexity index is 627. The summed E-state index contributed by atoms with van der Waals surface area (Å²) in [7, 11) is 1.38. The van der Waals surface area contributed by atoms with Crippen LogP contribution >= 0.6 is 11.6 Å². The van der Waals surface area contributed by atoms with Crippen molar-refractivity contribution in [3.8, 4) is 17.3 Å². The molecule has 0 radical (unpaired) electrons. The third kappa shape index (κ3) is 3.38. The van der Waals surface area contributed by atoms with Crippen molar-refractivity contribution in [1.82, 2.24) is 14.8 Å². The smallest absolute Gasteiger partial charge is 0.422 e. The highest BCUT2D eigenvalue weighted by Crippen LogP contribution is 2.26. The molecule has 0 saturated heterocycles. The van der Waals surface area contributed by atoms with E-state index in [1.165, 1.54) is 19.3 Å². The van der Waals surface area contributed by atoms with E-state index in [1.54, 1.807) is 0 Å². The van der Waals surface area contributed by atoms with Crippen LogP contribution in [0.5, 0.6) is 5.88 Å². The minimum Gasteiger partial charge on any atom is -0.468 e. The molecule has 0 aromatic carbocycles. The third-order valence-electron chi connectivity index (χ3n) is 2.27. The van der Waals surface area contributed by atoms with Crippen molar-refractivity contribution in [1.29, 1.82) is 0 Å². The molecule has 0 bridgehead atoms.